The summed E-state index contributed by atoms with van der Waals surface area (Å²) in [6, 6.07) is 5.78. The summed E-state index contributed by atoms with van der Waals surface area (Å²) in [5, 5.41) is 0. The van der Waals surface area contributed by atoms with Crippen molar-refractivity contribution in [3.05, 3.63) is 29.3 Å². The second kappa shape index (κ2) is 8.73. The molecule has 106 valence electrons. The van der Waals surface area contributed by atoms with E-state index in [-0.39, 0.29) is 5.78 Å². The van der Waals surface area contributed by atoms with Crippen LogP contribution in [0.3, 0.4) is 0 Å². The van der Waals surface area contributed by atoms with Gasteiger partial charge in [0.05, 0.1) is 12.7 Å². The highest BCUT2D eigenvalue weighted by atomic mass is 16.5. The number of Topliss-reactive ketones (excluding diaryl/α,β-unsaturated/α-hetero) is 1. The second-order valence-corrected chi connectivity index (χ2v) is 5.14. The van der Waals surface area contributed by atoms with E-state index in [1.54, 1.807) is 7.11 Å². The number of unbranched alkanes of at least 4 members (excludes halogenated alkanes) is 5. The maximum Gasteiger partial charge on any atom is 0.166 e. The quantitative estimate of drug-likeness (QED) is 0.465. The van der Waals surface area contributed by atoms with E-state index in [9.17, 15) is 4.79 Å². The predicted molar refractivity (Wildman–Crippen MR) is 80.1 cm³/mol. The Kier molecular flexibility index (Phi) is 7.24. The lowest BCUT2D eigenvalue weighted by Gasteiger charge is -2.08. The Hall–Kier alpha value is -1.31. The predicted octanol–water partition coefficient (Wildman–Crippen LogP) is 4.94. The van der Waals surface area contributed by atoms with E-state index in [1.165, 1.54) is 25.7 Å². The Morgan fingerprint density at radius 3 is 2.47 bits per heavy atom. The zero-order valence-corrected chi connectivity index (χ0v) is 12.5. The van der Waals surface area contributed by atoms with Gasteiger partial charge in [0.15, 0.2) is 5.78 Å². The van der Waals surface area contributed by atoms with Gasteiger partial charge >= 0.3 is 0 Å². The average Bonchev–Trinajstić information content (AvgIpc) is 2.42. The topological polar surface area (TPSA) is 26.3 Å². The van der Waals surface area contributed by atoms with E-state index >= 15 is 0 Å². The number of carbonyl (C=O) groups is 1. The molecule has 0 aliphatic rings. The lowest BCUT2D eigenvalue weighted by molar-refractivity contribution is 0.0976. The van der Waals surface area contributed by atoms with Crippen molar-refractivity contribution in [3.63, 3.8) is 0 Å². The third kappa shape index (κ3) is 5.46. The minimum Gasteiger partial charge on any atom is -0.496 e. The first kappa shape index (κ1) is 15.7. The molecule has 0 saturated heterocycles. The van der Waals surface area contributed by atoms with E-state index in [4.69, 9.17) is 4.74 Å². The molecule has 0 N–H and O–H groups in total. The molecule has 1 aromatic rings. The molecule has 0 saturated carbocycles. The number of ketones is 1. The number of benzene rings is 1. The molecule has 0 unspecified atom stereocenters. The zero-order valence-electron chi connectivity index (χ0n) is 12.5. The van der Waals surface area contributed by atoms with Gasteiger partial charge in [-0.2, -0.15) is 0 Å². The van der Waals surface area contributed by atoms with Gasteiger partial charge in [-0.1, -0.05) is 45.1 Å². The van der Waals surface area contributed by atoms with Crippen LogP contribution in [0.5, 0.6) is 5.75 Å². The van der Waals surface area contributed by atoms with Crippen molar-refractivity contribution in [1.82, 2.24) is 0 Å². The molecule has 2 heteroatoms. The van der Waals surface area contributed by atoms with E-state index in [2.05, 4.69) is 6.92 Å². The first-order chi connectivity index (χ1) is 9.19. The van der Waals surface area contributed by atoms with Crippen LogP contribution in [0.15, 0.2) is 18.2 Å². The van der Waals surface area contributed by atoms with Crippen LogP contribution in [0, 0.1) is 6.92 Å². The fourth-order valence-corrected chi connectivity index (χ4v) is 2.23. The molecule has 1 aromatic carbocycles. The van der Waals surface area contributed by atoms with Crippen molar-refractivity contribution >= 4 is 5.78 Å². The van der Waals surface area contributed by atoms with Crippen molar-refractivity contribution in [3.8, 4) is 5.75 Å². The largest absolute Gasteiger partial charge is 0.496 e. The average molecular weight is 262 g/mol. The van der Waals surface area contributed by atoms with Crippen molar-refractivity contribution in [2.75, 3.05) is 7.11 Å². The molecule has 1 rings (SSSR count). The summed E-state index contributed by atoms with van der Waals surface area (Å²) in [7, 11) is 1.62. The maximum atomic E-state index is 12.1. The fourth-order valence-electron chi connectivity index (χ4n) is 2.23. The van der Waals surface area contributed by atoms with Crippen LogP contribution in [-0.4, -0.2) is 12.9 Å². The number of rotatable bonds is 9. The smallest absolute Gasteiger partial charge is 0.166 e. The van der Waals surface area contributed by atoms with Gasteiger partial charge in [-0.15, -0.1) is 0 Å². The summed E-state index contributed by atoms with van der Waals surface area (Å²) in [6.45, 7) is 4.22. The molecule has 19 heavy (non-hydrogen) atoms. The van der Waals surface area contributed by atoms with Gasteiger partial charge in [0.25, 0.3) is 0 Å². The Balaban J connectivity index is 2.41. The van der Waals surface area contributed by atoms with Crippen molar-refractivity contribution < 1.29 is 9.53 Å². The summed E-state index contributed by atoms with van der Waals surface area (Å²) in [6.07, 6.45) is 7.87. The van der Waals surface area contributed by atoms with Gasteiger partial charge in [-0.05, 0) is 31.0 Å². The van der Waals surface area contributed by atoms with Crippen molar-refractivity contribution in [2.24, 2.45) is 0 Å². The molecule has 0 atom stereocenters. The summed E-state index contributed by atoms with van der Waals surface area (Å²) >= 11 is 0. The molecule has 0 radical (unpaired) electrons. The number of methoxy groups -OCH3 is 1. The Bertz CT molecular complexity index is 396. The third-order valence-electron chi connectivity index (χ3n) is 3.41. The molecule has 0 spiro atoms. The summed E-state index contributed by atoms with van der Waals surface area (Å²) < 4.78 is 5.29. The van der Waals surface area contributed by atoms with E-state index in [1.807, 2.05) is 25.1 Å². The monoisotopic (exact) mass is 262 g/mol. The van der Waals surface area contributed by atoms with Crippen molar-refractivity contribution in [1.29, 1.82) is 0 Å². The highest BCUT2D eigenvalue weighted by Crippen LogP contribution is 2.22. The van der Waals surface area contributed by atoms with Gasteiger partial charge in [-0.25, -0.2) is 0 Å². The second-order valence-electron chi connectivity index (χ2n) is 5.14. The van der Waals surface area contributed by atoms with E-state index in [0.29, 0.717) is 12.2 Å². The maximum absolute atomic E-state index is 12.1. The Labute approximate surface area is 117 Å². The fraction of sp³-hybridized carbons (Fsp3) is 0.588. The van der Waals surface area contributed by atoms with Crippen LogP contribution < -0.4 is 4.74 Å². The minimum absolute atomic E-state index is 0.201. The number of hydrogen-bond acceptors (Lipinski definition) is 2. The van der Waals surface area contributed by atoms with Gasteiger partial charge < -0.3 is 4.74 Å². The van der Waals surface area contributed by atoms with E-state index < -0.39 is 0 Å². The molecule has 0 bridgehead atoms. The number of ether oxygens (including phenoxy) is 1. The Morgan fingerprint density at radius 1 is 1.11 bits per heavy atom. The third-order valence-corrected chi connectivity index (χ3v) is 3.41. The molecule has 0 heterocycles. The molecule has 0 fully saturated rings. The highest BCUT2D eigenvalue weighted by Gasteiger charge is 2.11. The van der Waals surface area contributed by atoms with E-state index in [0.717, 1.165) is 24.0 Å². The highest BCUT2D eigenvalue weighted by molar-refractivity contribution is 5.98. The lowest BCUT2D eigenvalue weighted by atomic mass is 10.0. The minimum atomic E-state index is 0.201. The first-order valence-electron chi connectivity index (χ1n) is 7.37. The van der Waals surface area contributed by atoms with Crippen LogP contribution in [0.25, 0.3) is 0 Å². The van der Waals surface area contributed by atoms with Gasteiger partial charge in [0, 0.05) is 6.42 Å². The molecule has 0 amide bonds. The summed E-state index contributed by atoms with van der Waals surface area (Å²) in [5.41, 5.74) is 1.84. The molecule has 0 aromatic heterocycles. The first-order valence-corrected chi connectivity index (χ1v) is 7.37. The van der Waals surface area contributed by atoms with Gasteiger partial charge in [-0.3, -0.25) is 4.79 Å². The molecule has 2 nitrogen and oxygen atoms in total. The molecule has 0 aliphatic carbocycles. The lowest BCUT2D eigenvalue weighted by Crippen LogP contribution is -2.02. The Morgan fingerprint density at radius 2 is 1.79 bits per heavy atom. The van der Waals surface area contributed by atoms with Gasteiger partial charge in [0.1, 0.15) is 5.75 Å². The van der Waals surface area contributed by atoms with Gasteiger partial charge in [0.2, 0.25) is 0 Å². The van der Waals surface area contributed by atoms with Crippen LogP contribution in [0.2, 0.25) is 0 Å². The number of carbonyl (C=O) groups excluding carboxylic acids is 1. The number of hydrogen-bond donors (Lipinski definition) is 0. The van der Waals surface area contributed by atoms with Crippen LogP contribution in [0.4, 0.5) is 0 Å². The zero-order chi connectivity index (χ0) is 14.1. The van der Waals surface area contributed by atoms with Crippen LogP contribution >= 0.6 is 0 Å². The molecule has 0 aliphatic heterocycles. The summed E-state index contributed by atoms with van der Waals surface area (Å²) in [4.78, 5) is 12.1. The standard InChI is InChI=1S/C17H26O2/c1-4-5-6-7-8-9-10-16(18)15-12-11-14(2)13-17(15)19-3/h11-13H,4-10H2,1-3H3. The van der Waals surface area contributed by atoms with Crippen molar-refractivity contribution in [2.45, 2.75) is 58.8 Å². The molecular formula is C17H26O2. The SMILES string of the molecule is CCCCCCCCC(=O)c1ccc(C)cc1OC. The molecular weight excluding hydrogens is 236 g/mol. The van der Waals surface area contributed by atoms with Crippen LogP contribution in [-0.2, 0) is 0 Å². The number of aryl methyl sites for hydroxylation is 1. The van der Waals surface area contributed by atoms with Crippen LogP contribution in [0.1, 0.15) is 67.8 Å². The normalized spacial score (nSPS) is 10.5. The summed E-state index contributed by atoms with van der Waals surface area (Å²) in [5.74, 6) is 0.906.